The first-order valence-electron chi connectivity index (χ1n) is 6.58. The van der Waals surface area contributed by atoms with Crippen LogP contribution in [0.15, 0.2) is 54.0 Å². The Hall–Kier alpha value is -2.73. The summed E-state index contributed by atoms with van der Waals surface area (Å²) in [6, 6.07) is 12.8. The summed E-state index contributed by atoms with van der Waals surface area (Å²) in [4.78, 5) is 20.5. The van der Waals surface area contributed by atoms with E-state index in [2.05, 4.69) is 15.3 Å². The molecule has 3 aromatic rings. The normalized spacial score (nSPS) is 10.2. The van der Waals surface area contributed by atoms with Gasteiger partial charge in [0.25, 0.3) is 5.91 Å². The van der Waals surface area contributed by atoms with Crippen molar-refractivity contribution in [2.45, 2.75) is 0 Å². The number of amides is 1. The Morgan fingerprint density at radius 1 is 1.23 bits per heavy atom. The second-order valence-electron chi connectivity index (χ2n) is 4.44. The monoisotopic (exact) mass is 311 g/mol. The van der Waals surface area contributed by atoms with E-state index in [1.807, 2.05) is 29.6 Å². The Morgan fingerprint density at radius 2 is 2.14 bits per heavy atom. The number of methoxy groups -OCH3 is 1. The van der Waals surface area contributed by atoms with Crippen LogP contribution in [0.5, 0.6) is 5.75 Å². The summed E-state index contributed by atoms with van der Waals surface area (Å²) in [6.45, 7) is 0. The molecule has 1 aromatic carbocycles. The second-order valence-corrected chi connectivity index (χ2v) is 5.30. The highest BCUT2D eigenvalue weighted by molar-refractivity contribution is 7.14. The summed E-state index contributed by atoms with van der Waals surface area (Å²) >= 11 is 1.37. The third-order valence-corrected chi connectivity index (χ3v) is 3.75. The lowest BCUT2D eigenvalue weighted by Gasteiger charge is -2.02. The first kappa shape index (κ1) is 14.2. The van der Waals surface area contributed by atoms with Gasteiger partial charge in [-0.05, 0) is 24.3 Å². The topological polar surface area (TPSA) is 64.1 Å². The highest BCUT2D eigenvalue weighted by Gasteiger charge is 2.10. The number of nitrogens with zero attached hydrogens (tertiary/aromatic N) is 2. The van der Waals surface area contributed by atoms with Gasteiger partial charge in [0.1, 0.15) is 11.4 Å². The highest BCUT2D eigenvalue weighted by Crippen LogP contribution is 2.27. The predicted octanol–water partition coefficient (Wildman–Crippen LogP) is 3.47. The van der Waals surface area contributed by atoms with E-state index >= 15 is 0 Å². The summed E-state index contributed by atoms with van der Waals surface area (Å²) in [5.74, 6) is 0.497. The lowest BCUT2D eigenvalue weighted by Crippen LogP contribution is -2.13. The lowest BCUT2D eigenvalue weighted by atomic mass is 10.2. The fourth-order valence-electron chi connectivity index (χ4n) is 1.90. The first-order valence-corrected chi connectivity index (χ1v) is 7.46. The largest absolute Gasteiger partial charge is 0.497 e. The third-order valence-electron chi connectivity index (χ3n) is 2.99. The zero-order valence-electron chi connectivity index (χ0n) is 11.8. The zero-order chi connectivity index (χ0) is 15.4. The Bertz CT molecular complexity index is 787. The van der Waals surface area contributed by atoms with Crippen molar-refractivity contribution in [2.75, 3.05) is 12.4 Å². The van der Waals surface area contributed by atoms with Crippen molar-refractivity contribution in [1.29, 1.82) is 0 Å². The molecule has 6 heteroatoms. The van der Waals surface area contributed by atoms with Crippen LogP contribution in [0.2, 0.25) is 0 Å². The molecule has 1 N–H and O–H groups in total. The maximum Gasteiger partial charge on any atom is 0.276 e. The number of carbonyl (C=O) groups excluding carboxylic acids is 1. The minimum Gasteiger partial charge on any atom is -0.497 e. The minimum atomic E-state index is -0.271. The summed E-state index contributed by atoms with van der Waals surface area (Å²) < 4.78 is 5.20. The van der Waals surface area contributed by atoms with E-state index in [0.29, 0.717) is 10.8 Å². The van der Waals surface area contributed by atoms with E-state index in [0.717, 1.165) is 17.0 Å². The van der Waals surface area contributed by atoms with Gasteiger partial charge >= 0.3 is 0 Å². The molecule has 110 valence electrons. The molecule has 0 aliphatic rings. The molecule has 0 saturated heterocycles. The average Bonchev–Trinajstić information content (AvgIpc) is 3.04. The van der Waals surface area contributed by atoms with Crippen LogP contribution in [0.1, 0.15) is 10.5 Å². The van der Waals surface area contributed by atoms with Crippen LogP contribution in [-0.4, -0.2) is 23.0 Å². The Balaban J connectivity index is 1.78. The Labute approximate surface area is 131 Å². The molecular formula is C16H13N3O2S. The van der Waals surface area contributed by atoms with E-state index in [1.54, 1.807) is 31.5 Å². The van der Waals surface area contributed by atoms with Crippen molar-refractivity contribution in [3.8, 4) is 17.0 Å². The maximum atomic E-state index is 12.0. The number of ether oxygens (including phenoxy) is 1. The van der Waals surface area contributed by atoms with Crippen LogP contribution in [0.25, 0.3) is 11.3 Å². The van der Waals surface area contributed by atoms with Crippen molar-refractivity contribution in [3.05, 3.63) is 59.7 Å². The summed E-state index contributed by atoms with van der Waals surface area (Å²) in [7, 11) is 1.62. The van der Waals surface area contributed by atoms with Gasteiger partial charge in [-0.15, -0.1) is 11.3 Å². The first-order chi connectivity index (χ1) is 10.8. The minimum absolute atomic E-state index is 0.271. The zero-order valence-corrected chi connectivity index (χ0v) is 12.6. The van der Waals surface area contributed by atoms with Gasteiger partial charge in [-0.2, -0.15) is 0 Å². The van der Waals surface area contributed by atoms with Gasteiger partial charge in [0.05, 0.1) is 12.8 Å². The molecule has 1 amide bonds. The van der Waals surface area contributed by atoms with Crippen molar-refractivity contribution < 1.29 is 9.53 Å². The van der Waals surface area contributed by atoms with Crippen LogP contribution in [0, 0.1) is 0 Å². The number of carbonyl (C=O) groups is 1. The molecule has 0 bridgehead atoms. The average molecular weight is 311 g/mol. The fourth-order valence-corrected chi connectivity index (χ4v) is 2.62. The number of hydrogen-bond donors (Lipinski definition) is 1. The molecule has 3 rings (SSSR count). The quantitative estimate of drug-likeness (QED) is 0.801. The van der Waals surface area contributed by atoms with Crippen LogP contribution in [0.4, 0.5) is 5.13 Å². The number of rotatable bonds is 4. The molecular weight excluding hydrogens is 298 g/mol. The number of benzene rings is 1. The number of pyridine rings is 1. The highest BCUT2D eigenvalue weighted by atomic mass is 32.1. The molecule has 0 radical (unpaired) electrons. The molecule has 0 atom stereocenters. The fraction of sp³-hybridized carbons (Fsp3) is 0.0625. The number of nitrogens with one attached hydrogen (secondary N) is 1. The summed E-state index contributed by atoms with van der Waals surface area (Å²) in [6.07, 6.45) is 1.58. The second kappa shape index (κ2) is 6.36. The molecule has 5 nitrogen and oxygen atoms in total. The molecule has 22 heavy (non-hydrogen) atoms. The molecule has 2 aromatic heterocycles. The van der Waals surface area contributed by atoms with Gasteiger partial charge in [-0.25, -0.2) is 4.98 Å². The van der Waals surface area contributed by atoms with Crippen LogP contribution >= 0.6 is 11.3 Å². The number of hydrogen-bond acceptors (Lipinski definition) is 5. The Kier molecular flexibility index (Phi) is 4.11. The molecule has 0 spiro atoms. The smallest absolute Gasteiger partial charge is 0.276 e. The molecule has 2 heterocycles. The standard InChI is InChI=1S/C16H13N3O2S/c1-21-12-6-4-5-11(9-12)14-10-22-16(18-14)19-15(20)13-7-2-3-8-17-13/h2-10H,1H3,(H,18,19,20). The molecule has 0 unspecified atom stereocenters. The van der Waals surface area contributed by atoms with Crippen molar-refractivity contribution >= 4 is 22.4 Å². The van der Waals surface area contributed by atoms with Crippen molar-refractivity contribution in [1.82, 2.24) is 9.97 Å². The van der Waals surface area contributed by atoms with Crippen LogP contribution < -0.4 is 10.1 Å². The van der Waals surface area contributed by atoms with Crippen LogP contribution in [0.3, 0.4) is 0 Å². The molecule has 0 saturated carbocycles. The predicted molar refractivity (Wildman–Crippen MR) is 86.3 cm³/mol. The van der Waals surface area contributed by atoms with Gasteiger partial charge in [-0.1, -0.05) is 18.2 Å². The lowest BCUT2D eigenvalue weighted by molar-refractivity contribution is 0.102. The van der Waals surface area contributed by atoms with E-state index in [1.165, 1.54) is 11.3 Å². The Morgan fingerprint density at radius 3 is 2.91 bits per heavy atom. The van der Waals surface area contributed by atoms with E-state index in [4.69, 9.17) is 4.74 Å². The SMILES string of the molecule is COc1cccc(-c2csc(NC(=O)c3ccccn3)n2)c1. The molecule has 0 aliphatic heterocycles. The summed E-state index contributed by atoms with van der Waals surface area (Å²) in [5.41, 5.74) is 2.09. The van der Waals surface area contributed by atoms with Gasteiger partial charge in [0, 0.05) is 17.1 Å². The van der Waals surface area contributed by atoms with Crippen LogP contribution in [-0.2, 0) is 0 Å². The number of aromatic nitrogens is 2. The van der Waals surface area contributed by atoms with Gasteiger partial charge in [0.2, 0.25) is 0 Å². The maximum absolute atomic E-state index is 12.0. The third kappa shape index (κ3) is 3.12. The summed E-state index contributed by atoms with van der Waals surface area (Å²) in [5, 5.41) is 5.18. The van der Waals surface area contributed by atoms with Crippen molar-refractivity contribution in [2.24, 2.45) is 0 Å². The van der Waals surface area contributed by atoms with E-state index in [-0.39, 0.29) is 5.91 Å². The number of thiazole rings is 1. The van der Waals surface area contributed by atoms with Gasteiger partial charge in [-0.3, -0.25) is 15.1 Å². The van der Waals surface area contributed by atoms with E-state index in [9.17, 15) is 4.79 Å². The molecule has 0 aliphatic carbocycles. The van der Waals surface area contributed by atoms with Gasteiger partial charge in [0.15, 0.2) is 5.13 Å². The molecule has 0 fully saturated rings. The van der Waals surface area contributed by atoms with Crippen molar-refractivity contribution in [3.63, 3.8) is 0 Å². The van der Waals surface area contributed by atoms with Gasteiger partial charge < -0.3 is 4.74 Å². The number of anilines is 1. The van der Waals surface area contributed by atoms with E-state index < -0.39 is 0 Å².